The number of rotatable bonds is 19. The Bertz CT molecular complexity index is 725. The lowest BCUT2D eigenvalue weighted by atomic mass is 9.85. The van der Waals surface area contributed by atoms with Crippen molar-refractivity contribution in [3.63, 3.8) is 0 Å². The molecular formula is C26H54N8O8. The highest BCUT2D eigenvalue weighted by Gasteiger charge is 2.42. The third-order valence-corrected chi connectivity index (χ3v) is 7.66. The van der Waals surface area contributed by atoms with Gasteiger partial charge in [0.1, 0.15) is 37.6 Å². The van der Waals surface area contributed by atoms with E-state index in [4.69, 9.17) is 32.4 Å². The molecule has 0 bridgehead atoms. The number of hydrogen-bond acceptors (Lipinski definition) is 14. The first kappa shape index (κ1) is 36.7. The maximum Gasteiger partial charge on any atom is 0.246 e. The Kier molecular flexibility index (Phi) is 17.2. The van der Waals surface area contributed by atoms with Crippen LogP contribution in [0.1, 0.15) is 38.5 Å². The summed E-state index contributed by atoms with van der Waals surface area (Å²) in [5, 5.41) is 52.1. The van der Waals surface area contributed by atoms with Crippen molar-refractivity contribution in [1.29, 1.82) is 0 Å². The summed E-state index contributed by atoms with van der Waals surface area (Å²) in [6.45, 7) is 3.71. The number of aliphatic hydroxyl groups excluding tert-OH is 4. The van der Waals surface area contributed by atoms with Crippen LogP contribution in [0, 0.1) is 0 Å². The van der Waals surface area contributed by atoms with Gasteiger partial charge in [-0.1, -0.05) is 0 Å². The monoisotopic (exact) mass is 606 g/mol. The summed E-state index contributed by atoms with van der Waals surface area (Å²) in [5.41, 5.74) is 23.3. The van der Waals surface area contributed by atoms with Crippen molar-refractivity contribution < 1.29 is 39.5 Å². The van der Waals surface area contributed by atoms with Crippen molar-refractivity contribution in [2.75, 3.05) is 52.5 Å². The van der Waals surface area contributed by atoms with Crippen LogP contribution in [-0.2, 0) is 19.1 Å². The van der Waals surface area contributed by atoms with Crippen molar-refractivity contribution >= 4 is 11.8 Å². The second kappa shape index (κ2) is 19.7. The van der Waals surface area contributed by atoms with E-state index in [1.165, 1.54) is 0 Å². The molecule has 0 aromatic carbocycles. The molecule has 2 amide bonds. The number of hydrogen-bond donors (Lipinski definition) is 12. The predicted molar refractivity (Wildman–Crippen MR) is 155 cm³/mol. The number of nitrogens with two attached hydrogens (primary N) is 4. The van der Waals surface area contributed by atoms with Crippen molar-refractivity contribution in [3.8, 4) is 0 Å². The van der Waals surface area contributed by atoms with Gasteiger partial charge in [0.2, 0.25) is 11.8 Å². The van der Waals surface area contributed by atoms with Gasteiger partial charge in [0, 0.05) is 37.3 Å². The average molecular weight is 607 g/mol. The molecule has 2 saturated carbocycles. The molecule has 0 spiro atoms. The lowest BCUT2D eigenvalue weighted by Crippen LogP contribution is -2.62. The Morgan fingerprint density at radius 2 is 0.905 bits per heavy atom. The van der Waals surface area contributed by atoms with Crippen LogP contribution in [0.4, 0.5) is 0 Å². The van der Waals surface area contributed by atoms with Crippen LogP contribution in [0.5, 0.6) is 0 Å². The lowest BCUT2D eigenvalue weighted by Gasteiger charge is -2.39. The average Bonchev–Trinajstić information content (AvgIpc) is 2.94. The van der Waals surface area contributed by atoms with E-state index in [1.54, 1.807) is 0 Å². The molecule has 2 aliphatic rings. The fourth-order valence-corrected chi connectivity index (χ4v) is 5.10. The van der Waals surface area contributed by atoms with Gasteiger partial charge >= 0.3 is 0 Å². The van der Waals surface area contributed by atoms with E-state index < -0.39 is 60.8 Å². The van der Waals surface area contributed by atoms with E-state index in [2.05, 4.69) is 21.3 Å². The molecule has 0 aliphatic heterocycles. The summed E-state index contributed by atoms with van der Waals surface area (Å²) in [7, 11) is 0. The van der Waals surface area contributed by atoms with Crippen molar-refractivity contribution in [1.82, 2.24) is 21.3 Å². The summed E-state index contributed by atoms with van der Waals surface area (Å²) in [4.78, 5) is 24.0. The molecule has 16 nitrogen and oxygen atoms in total. The van der Waals surface area contributed by atoms with Crippen LogP contribution < -0.4 is 44.2 Å². The number of amides is 2. The standard InChI is InChI=1S/C26H54N8O8/c27-15-11-17(29)25(23(39)21(15)37)41-13-19(35)33-9-3-7-31-5-1-2-6-32-8-4-10-34-20(36)14-42-26-18(30)12-16(28)22(38)24(26)40/h15-18,21-26,31-32,37-40H,1-14,27-30H2,(H,33,35)(H,34,36)/t15-,16-,17+,18+,21+,22+,23-,24-,25-,26-/m0/s1. The fraction of sp³-hybridized carbons (Fsp3) is 0.923. The topological polar surface area (TPSA) is 286 Å². The highest BCUT2D eigenvalue weighted by atomic mass is 16.5. The smallest absolute Gasteiger partial charge is 0.246 e. The first-order chi connectivity index (χ1) is 20.0. The van der Waals surface area contributed by atoms with Crippen LogP contribution in [0.15, 0.2) is 0 Å². The minimum absolute atomic E-state index is 0.249. The molecule has 0 heterocycles. The van der Waals surface area contributed by atoms with Gasteiger partial charge < -0.3 is 74.1 Å². The number of unbranched alkanes of at least 4 members (excludes halogenated alkanes) is 1. The van der Waals surface area contributed by atoms with E-state index in [9.17, 15) is 30.0 Å². The number of carbonyl (C=O) groups is 2. The Morgan fingerprint density at radius 3 is 1.29 bits per heavy atom. The van der Waals surface area contributed by atoms with Gasteiger partial charge in [-0.3, -0.25) is 9.59 Å². The highest BCUT2D eigenvalue weighted by molar-refractivity contribution is 5.77. The van der Waals surface area contributed by atoms with Gasteiger partial charge in [-0.05, 0) is 64.7 Å². The lowest BCUT2D eigenvalue weighted by molar-refractivity contribution is -0.145. The van der Waals surface area contributed by atoms with Crippen LogP contribution in [0.25, 0.3) is 0 Å². The third kappa shape index (κ3) is 12.6. The summed E-state index contributed by atoms with van der Waals surface area (Å²) in [6, 6.07) is -2.33. The van der Waals surface area contributed by atoms with E-state index >= 15 is 0 Å². The van der Waals surface area contributed by atoms with Crippen LogP contribution in [-0.4, -0.2) is 146 Å². The molecule has 16 heteroatoms. The molecule has 0 aromatic rings. The summed E-state index contributed by atoms with van der Waals surface area (Å²) < 4.78 is 10.9. The molecule has 16 N–H and O–H groups in total. The normalized spacial score (nSPS) is 33.3. The largest absolute Gasteiger partial charge is 0.389 e. The van der Waals surface area contributed by atoms with Crippen molar-refractivity contribution in [2.45, 2.75) is 99.3 Å². The van der Waals surface area contributed by atoms with Crippen LogP contribution in [0.3, 0.4) is 0 Å². The molecule has 2 aliphatic carbocycles. The number of carbonyl (C=O) groups excluding carboxylic acids is 2. The SMILES string of the molecule is N[C@@H]1C[C@H](N)[C@@H](O)[C@H](O)[C@H]1OCC(=O)NCCCNCCCCNCCCNC(=O)CO[C@@H]1[C@@H](O)[C@H](O)[C@@H](N)C[C@H]1N. The number of ether oxygens (including phenoxy) is 2. The maximum atomic E-state index is 12.0. The second-order valence-corrected chi connectivity index (χ2v) is 11.3. The quantitative estimate of drug-likeness (QED) is 0.0610. The molecule has 0 saturated heterocycles. The van der Waals surface area contributed by atoms with E-state index in [0.29, 0.717) is 25.9 Å². The maximum absolute atomic E-state index is 12.0. The van der Waals surface area contributed by atoms with Gasteiger partial charge in [-0.2, -0.15) is 0 Å². The Balaban J connectivity index is 1.35. The summed E-state index contributed by atoms with van der Waals surface area (Å²) in [5.74, 6) is -0.624. The van der Waals surface area contributed by atoms with Gasteiger partial charge in [-0.15, -0.1) is 0 Å². The molecule has 2 rings (SSSR count). The zero-order chi connectivity index (χ0) is 31.1. The third-order valence-electron chi connectivity index (χ3n) is 7.66. The molecular weight excluding hydrogens is 552 g/mol. The Morgan fingerprint density at radius 1 is 0.548 bits per heavy atom. The van der Waals surface area contributed by atoms with Gasteiger partial charge in [-0.25, -0.2) is 0 Å². The molecule has 0 radical (unpaired) electrons. The number of nitrogens with one attached hydrogen (secondary N) is 4. The molecule has 0 unspecified atom stereocenters. The molecule has 246 valence electrons. The minimum Gasteiger partial charge on any atom is -0.389 e. The van der Waals surface area contributed by atoms with Crippen LogP contribution in [0.2, 0.25) is 0 Å². The minimum atomic E-state index is -1.23. The van der Waals surface area contributed by atoms with Gasteiger partial charge in [0.15, 0.2) is 0 Å². The Hall–Kier alpha value is -1.54. The van der Waals surface area contributed by atoms with Crippen molar-refractivity contribution in [2.24, 2.45) is 22.9 Å². The first-order valence-electron chi connectivity index (χ1n) is 15.0. The zero-order valence-electron chi connectivity index (χ0n) is 24.4. The first-order valence-corrected chi connectivity index (χ1v) is 15.0. The molecule has 2 fully saturated rings. The second-order valence-electron chi connectivity index (χ2n) is 11.3. The van der Waals surface area contributed by atoms with E-state index in [-0.39, 0.29) is 25.0 Å². The van der Waals surface area contributed by atoms with E-state index in [1.807, 2.05) is 0 Å². The van der Waals surface area contributed by atoms with Gasteiger partial charge in [0.05, 0.1) is 12.2 Å². The molecule has 0 aromatic heterocycles. The van der Waals surface area contributed by atoms with Crippen LogP contribution >= 0.6 is 0 Å². The highest BCUT2D eigenvalue weighted by Crippen LogP contribution is 2.21. The van der Waals surface area contributed by atoms with Gasteiger partial charge in [0.25, 0.3) is 0 Å². The Labute approximate surface area is 247 Å². The summed E-state index contributed by atoms with van der Waals surface area (Å²) in [6.07, 6.45) is -2.29. The van der Waals surface area contributed by atoms with Crippen molar-refractivity contribution in [3.05, 3.63) is 0 Å². The zero-order valence-corrected chi connectivity index (χ0v) is 24.4. The predicted octanol–water partition coefficient (Wildman–Crippen LogP) is -5.71. The molecule has 10 atom stereocenters. The van der Waals surface area contributed by atoms with E-state index in [0.717, 1.165) is 51.9 Å². The summed E-state index contributed by atoms with van der Waals surface area (Å²) >= 11 is 0. The fourth-order valence-electron chi connectivity index (χ4n) is 5.10. The molecule has 42 heavy (non-hydrogen) atoms. The number of aliphatic hydroxyl groups is 4.